The quantitative estimate of drug-likeness (QED) is 0.903. The van der Waals surface area contributed by atoms with Gasteiger partial charge in [0.05, 0.1) is 11.9 Å². The zero-order valence-electron chi connectivity index (χ0n) is 12.7. The van der Waals surface area contributed by atoms with Crippen LogP contribution in [0.5, 0.6) is 5.75 Å². The Balaban J connectivity index is 1.61. The smallest absolute Gasteiger partial charge is 0.271 e. The van der Waals surface area contributed by atoms with E-state index in [0.29, 0.717) is 18.7 Å². The van der Waals surface area contributed by atoms with Crippen LogP contribution in [0, 0.1) is 0 Å². The van der Waals surface area contributed by atoms with Gasteiger partial charge >= 0.3 is 0 Å². The summed E-state index contributed by atoms with van der Waals surface area (Å²) in [5.74, 6) is 0.358. The Morgan fingerprint density at radius 1 is 1.39 bits per heavy atom. The van der Waals surface area contributed by atoms with Crippen molar-refractivity contribution in [3.63, 3.8) is 0 Å². The third-order valence-corrected chi connectivity index (χ3v) is 3.60. The van der Waals surface area contributed by atoms with Gasteiger partial charge in [-0.05, 0) is 24.1 Å². The van der Waals surface area contributed by atoms with E-state index in [1.807, 2.05) is 18.2 Å². The molecule has 1 aliphatic rings. The predicted molar refractivity (Wildman–Crippen MR) is 83.4 cm³/mol. The van der Waals surface area contributed by atoms with Gasteiger partial charge in [-0.25, -0.2) is 4.98 Å². The fourth-order valence-electron chi connectivity index (χ4n) is 2.30. The van der Waals surface area contributed by atoms with Crippen LogP contribution in [0.4, 0.5) is 5.69 Å². The first-order valence-electron chi connectivity index (χ1n) is 7.21. The second-order valence-electron chi connectivity index (χ2n) is 5.14. The van der Waals surface area contributed by atoms with Crippen molar-refractivity contribution in [2.24, 2.45) is 0 Å². The van der Waals surface area contributed by atoms with E-state index in [4.69, 9.17) is 4.74 Å². The van der Waals surface area contributed by atoms with Crippen LogP contribution in [-0.2, 0) is 11.2 Å². The monoisotopic (exact) mass is 312 g/mol. The standard InChI is InChI=1S/C16H16N4O3/c1-20-13-8-11(2-3-14(13)23-10-15(20)21)4-5-19-16(22)12-9-17-6-7-18-12/h2-3,6-9H,4-5,10H2,1H3,(H,19,22). The summed E-state index contributed by atoms with van der Waals surface area (Å²) in [6.45, 7) is 0.531. The summed E-state index contributed by atoms with van der Waals surface area (Å²) < 4.78 is 5.39. The highest BCUT2D eigenvalue weighted by molar-refractivity contribution is 5.97. The molecule has 1 N–H and O–H groups in total. The van der Waals surface area contributed by atoms with Crippen molar-refractivity contribution in [1.29, 1.82) is 0 Å². The highest BCUT2D eigenvalue weighted by atomic mass is 16.5. The fourth-order valence-corrected chi connectivity index (χ4v) is 2.30. The van der Waals surface area contributed by atoms with Crippen molar-refractivity contribution >= 4 is 17.5 Å². The Labute approximate surface area is 133 Å². The van der Waals surface area contributed by atoms with E-state index in [9.17, 15) is 9.59 Å². The molecule has 0 fully saturated rings. The van der Waals surface area contributed by atoms with Crippen molar-refractivity contribution in [1.82, 2.24) is 15.3 Å². The van der Waals surface area contributed by atoms with Gasteiger partial charge in [0.1, 0.15) is 11.4 Å². The molecule has 0 bridgehead atoms. The molecule has 2 aromatic rings. The maximum atomic E-state index is 11.9. The number of fused-ring (bicyclic) bond motifs is 1. The zero-order chi connectivity index (χ0) is 16.2. The first-order valence-corrected chi connectivity index (χ1v) is 7.21. The molecule has 2 heterocycles. The van der Waals surface area contributed by atoms with Crippen molar-refractivity contribution in [3.8, 4) is 5.75 Å². The first-order chi connectivity index (χ1) is 11.1. The van der Waals surface area contributed by atoms with E-state index < -0.39 is 0 Å². The van der Waals surface area contributed by atoms with Crippen molar-refractivity contribution in [2.45, 2.75) is 6.42 Å². The van der Waals surface area contributed by atoms with E-state index in [0.717, 1.165) is 11.3 Å². The number of hydrogen-bond donors (Lipinski definition) is 1. The third kappa shape index (κ3) is 3.28. The predicted octanol–water partition coefficient (Wildman–Crippen LogP) is 0.804. The molecule has 1 aromatic heterocycles. The maximum Gasteiger partial charge on any atom is 0.271 e. The fraction of sp³-hybridized carbons (Fsp3) is 0.250. The number of nitrogens with zero attached hydrogens (tertiary/aromatic N) is 3. The molecule has 2 amide bonds. The Kier molecular flexibility index (Phi) is 4.18. The molecule has 0 atom stereocenters. The van der Waals surface area contributed by atoms with Gasteiger partial charge in [-0.15, -0.1) is 0 Å². The van der Waals surface area contributed by atoms with Gasteiger partial charge in [-0.2, -0.15) is 0 Å². The molecule has 0 spiro atoms. The molecule has 0 unspecified atom stereocenters. The van der Waals surface area contributed by atoms with Crippen molar-refractivity contribution < 1.29 is 14.3 Å². The number of likely N-dealkylation sites (N-methyl/N-ethyl adjacent to an activating group) is 1. The summed E-state index contributed by atoms with van der Waals surface area (Å²) in [7, 11) is 1.73. The molecule has 118 valence electrons. The van der Waals surface area contributed by atoms with Crippen LogP contribution in [0.2, 0.25) is 0 Å². The number of aromatic nitrogens is 2. The first kappa shape index (κ1) is 15.0. The highest BCUT2D eigenvalue weighted by Crippen LogP contribution is 2.31. The molecular formula is C16H16N4O3. The molecule has 3 rings (SSSR count). The molecule has 0 radical (unpaired) electrons. The van der Waals surface area contributed by atoms with Crippen LogP contribution in [0.15, 0.2) is 36.8 Å². The number of amides is 2. The number of ether oxygens (including phenoxy) is 1. The van der Waals surface area contributed by atoms with Crippen LogP contribution in [0.1, 0.15) is 16.1 Å². The molecule has 0 saturated heterocycles. The van der Waals surface area contributed by atoms with Gasteiger partial charge in [0.25, 0.3) is 11.8 Å². The van der Waals surface area contributed by atoms with Gasteiger partial charge < -0.3 is 15.0 Å². The minimum absolute atomic E-state index is 0.0665. The van der Waals surface area contributed by atoms with Crippen LogP contribution in [0.3, 0.4) is 0 Å². The van der Waals surface area contributed by atoms with E-state index in [1.165, 1.54) is 18.6 Å². The Bertz CT molecular complexity index is 733. The number of benzene rings is 1. The van der Waals surface area contributed by atoms with Crippen LogP contribution in [-0.4, -0.2) is 42.0 Å². The minimum Gasteiger partial charge on any atom is -0.482 e. The molecule has 7 nitrogen and oxygen atoms in total. The molecular weight excluding hydrogens is 296 g/mol. The SMILES string of the molecule is CN1C(=O)COc2ccc(CCNC(=O)c3cnccn3)cc21. The van der Waals surface area contributed by atoms with Crippen molar-refractivity contribution in [2.75, 3.05) is 25.1 Å². The number of hydrogen-bond acceptors (Lipinski definition) is 5. The second kappa shape index (κ2) is 6.43. The lowest BCUT2D eigenvalue weighted by atomic mass is 10.1. The summed E-state index contributed by atoms with van der Waals surface area (Å²) in [6, 6.07) is 5.68. The number of carbonyl (C=O) groups excluding carboxylic acids is 2. The molecule has 1 aliphatic heterocycles. The second-order valence-corrected chi connectivity index (χ2v) is 5.14. The lowest BCUT2D eigenvalue weighted by molar-refractivity contribution is -0.120. The summed E-state index contributed by atoms with van der Waals surface area (Å²) >= 11 is 0. The number of nitrogens with one attached hydrogen (secondary N) is 1. The average molecular weight is 312 g/mol. The van der Waals surface area contributed by atoms with Gasteiger partial charge in [0.2, 0.25) is 0 Å². The van der Waals surface area contributed by atoms with Gasteiger partial charge in [-0.1, -0.05) is 6.07 Å². The molecule has 1 aromatic carbocycles. The lowest BCUT2D eigenvalue weighted by Crippen LogP contribution is -2.35. The zero-order valence-corrected chi connectivity index (χ0v) is 12.7. The average Bonchev–Trinajstić information content (AvgIpc) is 2.59. The van der Waals surface area contributed by atoms with E-state index in [2.05, 4.69) is 15.3 Å². The summed E-state index contributed by atoms with van der Waals surface area (Å²) in [6.07, 6.45) is 5.06. The molecule has 0 saturated carbocycles. The minimum atomic E-state index is -0.258. The largest absolute Gasteiger partial charge is 0.482 e. The maximum absolute atomic E-state index is 11.9. The normalized spacial score (nSPS) is 13.3. The summed E-state index contributed by atoms with van der Waals surface area (Å²) in [4.78, 5) is 32.9. The Hall–Kier alpha value is -2.96. The number of anilines is 1. The van der Waals surface area contributed by atoms with Crippen LogP contribution >= 0.6 is 0 Å². The summed E-state index contributed by atoms with van der Waals surface area (Å²) in [5, 5.41) is 2.79. The Morgan fingerprint density at radius 2 is 2.26 bits per heavy atom. The van der Waals surface area contributed by atoms with Gasteiger partial charge in [0.15, 0.2) is 6.61 Å². The Morgan fingerprint density at radius 3 is 3.04 bits per heavy atom. The van der Waals surface area contributed by atoms with E-state index in [-0.39, 0.29) is 24.1 Å². The highest BCUT2D eigenvalue weighted by Gasteiger charge is 2.22. The van der Waals surface area contributed by atoms with Crippen molar-refractivity contribution in [3.05, 3.63) is 48.0 Å². The van der Waals surface area contributed by atoms with Gasteiger partial charge in [0, 0.05) is 26.0 Å². The summed E-state index contributed by atoms with van der Waals surface area (Å²) in [5.41, 5.74) is 2.05. The molecule has 23 heavy (non-hydrogen) atoms. The van der Waals surface area contributed by atoms with E-state index >= 15 is 0 Å². The van der Waals surface area contributed by atoms with Gasteiger partial charge in [-0.3, -0.25) is 14.6 Å². The third-order valence-electron chi connectivity index (χ3n) is 3.60. The lowest BCUT2D eigenvalue weighted by Gasteiger charge is -2.26. The number of rotatable bonds is 4. The van der Waals surface area contributed by atoms with Crippen LogP contribution < -0.4 is 15.0 Å². The molecule has 7 heteroatoms. The van der Waals surface area contributed by atoms with Crippen LogP contribution in [0.25, 0.3) is 0 Å². The van der Waals surface area contributed by atoms with E-state index in [1.54, 1.807) is 11.9 Å². The topological polar surface area (TPSA) is 84.4 Å². The molecule has 0 aliphatic carbocycles. The number of carbonyl (C=O) groups is 2.